The van der Waals surface area contributed by atoms with E-state index in [0.29, 0.717) is 17.5 Å². The van der Waals surface area contributed by atoms with Crippen molar-refractivity contribution in [3.63, 3.8) is 0 Å². The highest BCUT2D eigenvalue weighted by Crippen LogP contribution is 2.42. The number of fused-ring (bicyclic) bond motifs is 6. The number of furan rings is 1. The van der Waals surface area contributed by atoms with E-state index in [9.17, 15) is 0 Å². The molecule has 1 aliphatic rings. The van der Waals surface area contributed by atoms with Crippen LogP contribution in [0.2, 0.25) is 0 Å². The van der Waals surface area contributed by atoms with E-state index in [0.717, 1.165) is 73.4 Å². The van der Waals surface area contributed by atoms with Gasteiger partial charge in [-0.2, -0.15) is 0 Å². The van der Waals surface area contributed by atoms with Gasteiger partial charge in [-0.1, -0.05) is 133 Å². The summed E-state index contributed by atoms with van der Waals surface area (Å²) in [5, 5.41) is 6.58. The van der Waals surface area contributed by atoms with Crippen LogP contribution in [0.25, 0.3) is 94.1 Å². The van der Waals surface area contributed by atoms with Crippen LogP contribution in [0.3, 0.4) is 0 Å². The summed E-state index contributed by atoms with van der Waals surface area (Å²) in [6.07, 6.45) is 8.52. The van der Waals surface area contributed by atoms with Crippen LogP contribution >= 0.6 is 0 Å². The minimum absolute atomic E-state index is 0.627. The number of nitrogens with zero attached hydrogens (tertiary/aromatic N) is 3. The third-order valence-electron chi connectivity index (χ3n) is 9.90. The molecule has 0 radical (unpaired) electrons. The van der Waals surface area contributed by atoms with Gasteiger partial charge in [0.1, 0.15) is 11.2 Å². The van der Waals surface area contributed by atoms with E-state index in [4.69, 9.17) is 19.4 Å². The predicted molar refractivity (Wildman–Crippen MR) is 210 cm³/mol. The molecule has 51 heavy (non-hydrogen) atoms. The lowest BCUT2D eigenvalue weighted by atomic mass is 9.95. The number of hydrogen-bond acceptors (Lipinski definition) is 4. The largest absolute Gasteiger partial charge is 0.455 e. The zero-order valence-corrected chi connectivity index (χ0v) is 27.8. The lowest BCUT2D eigenvalue weighted by Gasteiger charge is -2.12. The van der Waals surface area contributed by atoms with E-state index in [1.54, 1.807) is 0 Å². The topological polar surface area (TPSA) is 51.8 Å². The molecule has 9 aromatic rings. The van der Waals surface area contributed by atoms with Crippen molar-refractivity contribution < 1.29 is 4.42 Å². The van der Waals surface area contributed by atoms with E-state index in [-0.39, 0.29) is 0 Å². The van der Waals surface area contributed by atoms with Gasteiger partial charge in [-0.3, -0.25) is 0 Å². The minimum atomic E-state index is 0.627. The molecule has 240 valence electrons. The van der Waals surface area contributed by atoms with Gasteiger partial charge in [-0.25, -0.2) is 15.0 Å². The SMILES string of the molecule is C1=CC(c2nc(-c3ccccc3)nc(-c3cc4ccccc4c4oc5ccc(-c6ccc7cc(-c8ccccc8)ccc7c6)cc5c34)n2)=CCC1. The van der Waals surface area contributed by atoms with E-state index < -0.39 is 0 Å². The van der Waals surface area contributed by atoms with Crippen LogP contribution < -0.4 is 0 Å². The monoisotopic (exact) mass is 653 g/mol. The molecule has 7 aromatic carbocycles. The Morgan fingerprint density at radius 3 is 1.86 bits per heavy atom. The Kier molecular flexibility index (Phi) is 6.91. The zero-order chi connectivity index (χ0) is 33.7. The van der Waals surface area contributed by atoms with Gasteiger partial charge < -0.3 is 4.42 Å². The summed E-state index contributed by atoms with van der Waals surface area (Å²) >= 11 is 0. The maximum Gasteiger partial charge on any atom is 0.164 e. The van der Waals surface area contributed by atoms with Crippen LogP contribution in [-0.2, 0) is 0 Å². The van der Waals surface area contributed by atoms with Gasteiger partial charge in [0.05, 0.1) is 0 Å². The molecule has 0 fully saturated rings. The predicted octanol–water partition coefficient (Wildman–Crippen LogP) is 12.5. The smallest absolute Gasteiger partial charge is 0.164 e. The molecular weight excluding hydrogens is 623 g/mol. The lowest BCUT2D eigenvalue weighted by molar-refractivity contribution is 0.673. The number of benzene rings is 7. The zero-order valence-electron chi connectivity index (χ0n) is 27.8. The Hall–Kier alpha value is -6.65. The van der Waals surface area contributed by atoms with Gasteiger partial charge in [0.25, 0.3) is 0 Å². The number of allylic oxidation sites excluding steroid dienone is 4. The average Bonchev–Trinajstić information content (AvgIpc) is 3.60. The average molecular weight is 654 g/mol. The molecule has 1 aliphatic carbocycles. The molecule has 10 rings (SSSR count). The first-order chi connectivity index (χ1) is 25.2. The van der Waals surface area contributed by atoms with E-state index >= 15 is 0 Å². The van der Waals surface area contributed by atoms with Crippen molar-refractivity contribution in [1.29, 1.82) is 0 Å². The van der Waals surface area contributed by atoms with Crippen molar-refractivity contribution >= 4 is 49.1 Å². The molecule has 4 nitrogen and oxygen atoms in total. The molecule has 0 bridgehead atoms. The number of hydrogen-bond donors (Lipinski definition) is 0. The number of rotatable bonds is 5. The Balaban J connectivity index is 1.18. The van der Waals surface area contributed by atoms with Gasteiger partial charge in [0.15, 0.2) is 17.5 Å². The summed E-state index contributed by atoms with van der Waals surface area (Å²) < 4.78 is 6.71. The molecule has 0 saturated heterocycles. The molecule has 2 heterocycles. The molecule has 0 atom stereocenters. The second-order valence-electron chi connectivity index (χ2n) is 13.1. The highest BCUT2D eigenvalue weighted by Gasteiger charge is 2.21. The van der Waals surface area contributed by atoms with Gasteiger partial charge in [0, 0.05) is 32.9 Å². The van der Waals surface area contributed by atoms with Crippen molar-refractivity contribution in [3.8, 4) is 45.0 Å². The molecule has 4 heteroatoms. The van der Waals surface area contributed by atoms with Crippen LogP contribution in [-0.4, -0.2) is 15.0 Å². The second-order valence-corrected chi connectivity index (χ2v) is 13.1. The van der Waals surface area contributed by atoms with Crippen molar-refractivity contribution in [3.05, 3.63) is 170 Å². The summed E-state index contributed by atoms with van der Waals surface area (Å²) in [5.74, 6) is 1.95. The third-order valence-corrected chi connectivity index (χ3v) is 9.90. The standard InChI is InChI=1S/C47H31N3O/c1-4-12-30(13-5-1)33-20-21-35-27-36(23-22-34(35)26-33)37-24-25-42-40(28-37)43-41(29-38-18-10-11-19-39(38)44(43)51-42)47-49-45(31-14-6-2-7-15-31)48-46(50-47)32-16-8-3-9-17-32/h1-2,4-8,10-29H,3,9H2. The maximum absolute atomic E-state index is 6.71. The highest BCUT2D eigenvalue weighted by molar-refractivity contribution is 6.21. The summed E-state index contributed by atoms with van der Waals surface area (Å²) in [6.45, 7) is 0. The Labute approximate surface area is 295 Å². The van der Waals surface area contributed by atoms with Gasteiger partial charge in [-0.15, -0.1) is 0 Å². The number of aromatic nitrogens is 3. The second kappa shape index (κ2) is 12.0. The van der Waals surface area contributed by atoms with Crippen molar-refractivity contribution in [2.75, 3.05) is 0 Å². The van der Waals surface area contributed by atoms with Crippen LogP contribution in [0.5, 0.6) is 0 Å². The van der Waals surface area contributed by atoms with Crippen LogP contribution in [0.1, 0.15) is 18.7 Å². The summed E-state index contributed by atoms with van der Waals surface area (Å²) in [5.41, 5.74) is 9.27. The normalized spacial score (nSPS) is 13.0. The molecule has 0 amide bonds. The fraction of sp³-hybridized carbons (Fsp3) is 0.0426. The molecule has 0 unspecified atom stereocenters. The lowest BCUT2D eigenvalue weighted by Crippen LogP contribution is -2.03. The fourth-order valence-corrected chi connectivity index (χ4v) is 7.32. The minimum Gasteiger partial charge on any atom is -0.455 e. The van der Waals surface area contributed by atoms with Gasteiger partial charge >= 0.3 is 0 Å². The molecule has 0 spiro atoms. The molecule has 0 N–H and O–H groups in total. The maximum atomic E-state index is 6.71. The van der Waals surface area contributed by atoms with Crippen LogP contribution in [0.15, 0.2) is 168 Å². The van der Waals surface area contributed by atoms with Crippen molar-refractivity contribution in [2.24, 2.45) is 0 Å². The first-order valence-electron chi connectivity index (χ1n) is 17.4. The van der Waals surface area contributed by atoms with E-state index in [1.807, 2.05) is 18.2 Å². The van der Waals surface area contributed by atoms with Crippen molar-refractivity contribution in [2.45, 2.75) is 12.8 Å². The van der Waals surface area contributed by atoms with Gasteiger partial charge in [-0.05, 0) is 81.6 Å². The summed E-state index contributed by atoms with van der Waals surface area (Å²) in [7, 11) is 0. The Morgan fingerprint density at radius 1 is 0.451 bits per heavy atom. The van der Waals surface area contributed by atoms with E-state index in [2.05, 4.69) is 146 Å². The summed E-state index contributed by atoms with van der Waals surface area (Å²) in [4.78, 5) is 15.3. The first kappa shape index (κ1) is 29.3. The van der Waals surface area contributed by atoms with E-state index in [1.165, 1.54) is 21.9 Å². The molecule has 2 aromatic heterocycles. The summed E-state index contributed by atoms with van der Waals surface area (Å²) in [6, 6.07) is 51.2. The van der Waals surface area contributed by atoms with Crippen LogP contribution in [0, 0.1) is 0 Å². The molecule has 0 aliphatic heterocycles. The highest BCUT2D eigenvalue weighted by atomic mass is 16.3. The Bertz CT molecular complexity index is 2850. The third kappa shape index (κ3) is 5.20. The molecular formula is C47H31N3O. The quantitative estimate of drug-likeness (QED) is 0.185. The van der Waals surface area contributed by atoms with Crippen molar-refractivity contribution in [1.82, 2.24) is 15.0 Å². The van der Waals surface area contributed by atoms with Crippen LogP contribution in [0.4, 0.5) is 0 Å². The fourth-order valence-electron chi connectivity index (χ4n) is 7.32. The molecule has 0 saturated carbocycles. The van der Waals surface area contributed by atoms with Gasteiger partial charge in [0.2, 0.25) is 0 Å². The Morgan fingerprint density at radius 2 is 1.10 bits per heavy atom. The first-order valence-corrected chi connectivity index (χ1v) is 17.4.